The molecular weight excluding hydrogens is 613 g/mol. The second-order valence-corrected chi connectivity index (χ2v) is 12.3. The maximum atomic E-state index is 6.48. The average Bonchev–Trinajstić information content (AvgIpc) is 3.21. The molecule has 0 unspecified atom stereocenters. The minimum atomic E-state index is -0.562. The number of aromatic nitrogens is 4. The van der Waals surface area contributed by atoms with Crippen LogP contribution in [0.25, 0.3) is 45.4 Å². The molecule has 0 bridgehead atoms. The molecule has 6 aromatic carbocycles. The second kappa shape index (κ2) is 12.4. The van der Waals surface area contributed by atoms with Crippen LogP contribution < -0.4 is 4.74 Å². The van der Waals surface area contributed by atoms with Gasteiger partial charge in [0, 0.05) is 28.5 Å². The molecule has 0 amide bonds. The van der Waals surface area contributed by atoms with Crippen LogP contribution in [0.15, 0.2) is 182 Å². The minimum absolute atomic E-state index is 0.535. The number of hydrogen-bond acceptors (Lipinski definition) is 5. The summed E-state index contributed by atoms with van der Waals surface area (Å²) in [6.45, 7) is 0. The Labute approximate surface area is 290 Å². The predicted octanol–water partition coefficient (Wildman–Crippen LogP) is 10.4. The Balaban J connectivity index is 1.16. The molecule has 0 saturated heterocycles. The van der Waals surface area contributed by atoms with Crippen molar-refractivity contribution in [3.8, 4) is 56.9 Å². The van der Waals surface area contributed by atoms with E-state index < -0.39 is 5.41 Å². The van der Waals surface area contributed by atoms with E-state index in [4.69, 9.17) is 19.7 Å². The van der Waals surface area contributed by atoms with Crippen molar-refractivity contribution in [1.82, 2.24) is 19.9 Å². The van der Waals surface area contributed by atoms with Crippen molar-refractivity contribution < 1.29 is 4.74 Å². The Hall–Kier alpha value is -6.72. The summed E-state index contributed by atoms with van der Waals surface area (Å²) in [5.74, 6) is 3.46. The number of para-hydroxylation sites is 2. The predicted molar refractivity (Wildman–Crippen MR) is 198 cm³/mol. The van der Waals surface area contributed by atoms with Crippen molar-refractivity contribution in [3.05, 3.63) is 204 Å². The lowest BCUT2D eigenvalue weighted by Crippen LogP contribution is -2.34. The van der Waals surface area contributed by atoms with Crippen molar-refractivity contribution in [2.75, 3.05) is 0 Å². The Kier molecular flexibility index (Phi) is 7.29. The van der Waals surface area contributed by atoms with Gasteiger partial charge in [-0.25, -0.2) is 15.0 Å². The molecule has 0 aliphatic carbocycles. The van der Waals surface area contributed by atoms with Gasteiger partial charge >= 0.3 is 0 Å². The van der Waals surface area contributed by atoms with Crippen LogP contribution in [0.2, 0.25) is 0 Å². The Morgan fingerprint density at radius 1 is 0.380 bits per heavy atom. The summed E-state index contributed by atoms with van der Waals surface area (Å²) >= 11 is 0. The highest BCUT2D eigenvalue weighted by atomic mass is 16.5. The molecule has 0 saturated carbocycles. The van der Waals surface area contributed by atoms with Crippen LogP contribution in [-0.4, -0.2) is 19.9 Å². The van der Waals surface area contributed by atoms with Crippen molar-refractivity contribution in [3.63, 3.8) is 0 Å². The highest BCUT2D eigenvalue weighted by Crippen LogP contribution is 2.55. The Morgan fingerprint density at radius 3 is 1.60 bits per heavy atom. The van der Waals surface area contributed by atoms with Crippen molar-refractivity contribution >= 4 is 0 Å². The topological polar surface area (TPSA) is 60.8 Å². The number of benzene rings is 6. The van der Waals surface area contributed by atoms with Crippen LogP contribution in [0.4, 0.5) is 0 Å². The van der Waals surface area contributed by atoms with E-state index >= 15 is 0 Å². The number of rotatable bonds is 6. The molecule has 1 aliphatic rings. The largest absolute Gasteiger partial charge is 0.457 e. The number of hydrogen-bond donors (Lipinski definition) is 0. The fourth-order valence-electron chi connectivity index (χ4n) is 7.05. The van der Waals surface area contributed by atoms with Gasteiger partial charge in [0.15, 0.2) is 17.5 Å². The summed E-state index contributed by atoms with van der Waals surface area (Å²) in [5, 5.41) is 0. The van der Waals surface area contributed by atoms with Crippen LogP contribution in [0.1, 0.15) is 22.3 Å². The van der Waals surface area contributed by atoms with Gasteiger partial charge in [-0.2, -0.15) is 0 Å². The lowest BCUT2D eigenvalue weighted by atomic mass is 9.63. The smallest absolute Gasteiger partial charge is 0.182 e. The zero-order valence-corrected chi connectivity index (χ0v) is 27.0. The normalized spacial score (nSPS) is 12.7. The zero-order chi connectivity index (χ0) is 33.3. The fraction of sp³-hybridized carbons (Fsp3) is 0.0222. The monoisotopic (exact) mass is 642 g/mol. The molecule has 0 atom stereocenters. The molecule has 50 heavy (non-hydrogen) atoms. The van der Waals surface area contributed by atoms with Crippen molar-refractivity contribution in [1.29, 1.82) is 0 Å². The van der Waals surface area contributed by atoms with Crippen LogP contribution >= 0.6 is 0 Å². The highest BCUT2D eigenvalue weighted by Gasteiger charge is 2.45. The van der Waals surface area contributed by atoms with Crippen LogP contribution in [0, 0.1) is 0 Å². The van der Waals surface area contributed by atoms with E-state index in [-0.39, 0.29) is 0 Å². The summed E-state index contributed by atoms with van der Waals surface area (Å²) in [7, 11) is 0. The molecule has 1 aliphatic heterocycles. The molecule has 0 radical (unpaired) electrons. The molecule has 2 aromatic heterocycles. The molecule has 3 heterocycles. The van der Waals surface area contributed by atoms with Crippen molar-refractivity contribution in [2.45, 2.75) is 5.41 Å². The molecule has 8 aromatic rings. The highest BCUT2D eigenvalue weighted by molar-refractivity contribution is 5.74. The average molecular weight is 643 g/mol. The number of ether oxygens (including phenoxy) is 1. The SMILES string of the molecule is c1ccc(-c2nc(-c3cccc(-c4ccc(C5(c6ccccc6)c6ccccc6Oc6ccccc65)cc4)c3)nc(-c3ccccn3)n2)cc1. The minimum Gasteiger partial charge on any atom is -0.457 e. The van der Waals surface area contributed by atoms with Gasteiger partial charge < -0.3 is 4.74 Å². The quantitative estimate of drug-likeness (QED) is 0.181. The molecule has 0 spiro atoms. The summed E-state index contributed by atoms with van der Waals surface area (Å²) in [4.78, 5) is 19.2. The van der Waals surface area contributed by atoms with E-state index in [1.165, 1.54) is 5.56 Å². The first-order valence-electron chi connectivity index (χ1n) is 16.6. The number of nitrogens with zero attached hydrogens (tertiary/aromatic N) is 4. The zero-order valence-electron chi connectivity index (χ0n) is 27.0. The Morgan fingerprint density at radius 2 is 0.920 bits per heavy atom. The standard InChI is InChI=1S/C45H30N4O/c1-3-14-32(15-4-1)42-47-43(49-44(48-42)39-22-11-12-29-46-39)34-17-13-16-33(30-34)31-25-27-36(28-26-31)45(35-18-5-2-6-19-35)37-20-7-9-23-40(37)50-41-24-10-8-21-38(41)45/h1-30H. The fourth-order valence-corrected chi connectivity index (χ4v) is 7.05. The third kappa shape index (κ3) is 5.04. The molecule has 236 valence electrons. The third-order valence-corrected chi connectivity index (χ3v) is 9.34. The third-order valence-electron chi connectivity index (χ3n) is 9.34. The van der Waals surface area contributed by atoms with Gasteiger partial charge in [-0.3, -0.25) is 4.98 Å². The lowest BCUT2D eigenvalue weighted by molar-refractivity contribution is 0.434. The van der Waals surface area contributed by atoms with Gasteiger partial charge in [0.1, 0.15) is 17.2 Å². The first kappa shape index (κ1) is 29.4. The van der Waals surface area contributed by atoms with Gasteiger partial charge in [-0.15, -0.1) is 0 Å². The first-order chi connectivity index (χ1) is 24.8. The van der Waals surface area contributed by atoms with Gasteiger partial charge in [0.05, 0.1) is 5.41 Å². The maximum Gasteiger partial charge on any atom is 0.182 e. The van der Waals surface area contributed by atoms with Gasteiger partial charge in [0.25, 0.3) is 0 Å². The van der Waals surface area contributed by atoms with Crippen LogP contribution in [0.3, 0.4) is 0 Å². The van der Waals surface area contributed by atoms with Crippen LogP contribution in [0.5, 0.6) is 11.5 Å². The second-order valence-electron chi connectivity index (χ2n) is 12.3. The summed E-state index contributed by atoms with van der Waals surface area (Å²) in [6.07, 6.45) is 1.75. The molecule has 5 heteroatoms. The van der Waals surface area contributed by atoms with E-state index in [2.05, 4.69) is 114 Å². The molecule has 0 fully saturated rings. The first-order valence-corrected chi connectivity index (χ1v) is 16.6. The van der Waals surface area contributed by atoms with Gasteiger partial charge in [0.2, 0.25) is 0 Å². The van der Waals surface area contributed by atoms with E-state index in [1.54, 1.807) is 6.20 Å². The maximum absolute atomic E-state index is 6.48. The summed E-state index contributed by atoms with van der Waals surface area (Å²) < 4.78 is 6.48. The molecular formula is C45H30N4O. The van der Waals surface area contributed by atoms with E-state index in [0.717, 1.165) is 50.4 Å². The van der Waals surface area contributed by atoms with Crippen molar-refractivity contribution in [2.24, 2.45) is 0 Å². The van der Waals surface area contributed by atoms with Gasteiger partial charge in [-0.05, 0) is 52.6 Å². The van der Waals surface area contributed by atoms with E-state index in [0.29, 0.717) is 23.2 Å². The number of fused-ring (bicyclic) bond motifs is 2. The van der Waals surface area contributed by atoms with Crippen LogP contribution in [-0.2, 0) is 5.41 Å². The summed E-state index contributed by atoms with van der Waals surface area (Å²) in [6, 6.07) is 60.5. The summed E-state index contributed by atoms with van der Waals surface area (Å²) in [5.41, 5.74) is 8.70. The van der Waals surface area contributed by atoms with E-state index in [9.17, 15) is 0 Å². The Bertz CT molecular complexity index is 2340. The molecule has 9 rings (SSSR count). The van der Waals surface area contributed by atoms with E-state index in [1.807, 2.05) is 66.7 Å². The molecule has 5 nitrogen and oxygen atoms in total. The number of pyridine rings is 1. The molecule has 0 N–H and O–H groups in total. The van der Waals surface area contributed by atoms with Gasteiger partial charge in [-0.1, -0.05) is 146 Å². The lowest BCUT2D eigenvalue weighted by Gasteiger charge is -2.41.